The lowest BCUT2D eigenvalue weighted by Crippen LogP contribution is -2.29. The molecule has 0 unspecified atom stereocenters. The average molecular weight is 467 g/mol. The molecule has 0 spiro atoms. The van der Waals surface area contributed by atoms with E-state index in [1.165, 1.54) is 0 Å². The molecule has 0 bridgehead atoms. The standard InChI is InChI=1S/C24H26N4O4S/c1-31-20-9-8-17(10-21(20)32-2)11-22(29)26-24-18-14-33-15-19(18)27-28(24)13-23(30)25-12-16-6-4-3-5-7-16/h3-10H,11-15H2,1-2H3,(H,25,30)(H,26,29). The number of carbonyl (C=O) groups excluding carboxylic acids is 2. The maximum absolute atomic E-state index is 12.9. The predicted octanol–water partition coefficient (Wildman–Crippen LogP) is 3.14. The molecule has 0 fully saturated rings. The minimum Gasteiger partial charge on any atom is -0.493 e. The van der Waals surface area contributed by atoms with Crippen LogP contribution in [-0.2, 0) is 40.6 Å². The first-order valence-electron chi connectivity index (χ1n) is 10.5. The van der Waals surface area contributed by atoms with Crippen LogP contribution in [-0.4, -0.2) is 35.8 Å². The maximum atomic E-state index is 12.9. The van der Waals surface area contributed by atoms with Gasteiger partial charge in [-0.15, -0.1) is 0 Å². The number of hydrogen-bond donors (Lipinski definition) is 2. The molecule has 33 heavy (non-hydrogen) atoms. The Morgan fingerprint density at radius 3 is 2.55 bits per heavy atom. The molecule has 8 nitrogen and oxygen atoms in total. The monoisotopic (exact) mass is 466 g/mol. The van der Waals surface area contributed by atoms with Crippen LogP contribution in [0.2, 0.25) is 0 Å². The van der Waals surface area contributed by atoms with Crippen LogP contribution in [0.5, 0.6) is 11.5 Å². The number of rotatable bonds is 9. The predicted molar refractivity (Wildman–Crippen MR) is 127 cm³/mol. The largest absolute Gasteiger partial charge is 0.493 e. The van der Waals surface area contributed by atoms with E-state index in [1.54, 1.807) is 42.8 Å². The Labute approximate surface area is 196 Å². The molecule has 2 aromatic carbocycles. The molecule has 3 aromatic rings. The Kier molecular flexibility index (Phi) is 7.19. The van der Waals surface area contributed by atoms with Crippen molar-refractivity contribution >= 4 is 29.4 Å². The zero-order valence-corrected chi connectivity index (χ0v) is 19.4. The highest BCUT2D eigenvalue weighted by Crippen LogP contribution is 2.35. The lowest BCUT2D eigenvalue weighted by molar-refractivity contribution is -0.122. The third kappa shape index (κ3) is 5.48. The number of carbonyl (C=O) groups is 2. The molecule has 1 aliphatic rings. The first-order valence-corrected chi connectivity index (χ1v) is 11.7. The van der Waals surface area contributed by atoms with E-state index in [0.29, 0.717) is 23.9 Å². The normalized spacial score (nSPS) is 12.2. The molecule has 0 saturated heterocycles. The molecule has 1 aromatic heterocycles. The van der Waals surface area contributed by atoms with Crippen LogP contribution < -0.4 is 20.1 Å². The third-order valence-electron chi connectivity index (χ3n) is 5.32. The SMILES string of the molecule is COc1ccc(CC(=O)Nc2c3c(nn2CC(=O)NCc2ccccc2)CSC3)cc1OC. The lowest BCUT2D eigenvalue weighted by atomic mass is 10.1. The van der Waals surface area contributed by atoms with E-state index in [-0.39, 0.29) is 24.8 Å². The van der Waals surface area contributed by atoms with Crippen molar-refractivity contribution in [2.45, 2.75) is 31.0 Å². The van der Waals surface area contributed by atoms with Gasteiger partial charge in [0.1, 0.15) is 12.4 Å². The van der Waals surface area contributed by atoms with Crippen LogP contribution in [0.1, 0.15) is 22.4 Å². The van der Waals surface area contributed by atoms with Gasteiger partial charge in [0.15, 0.2) is 11.5 Å². The van der Waals surface area contributed by atoms with Crippen molar-refractivity contribution in [2.75, 3.05) is 19.5 Å². The number of fused-ring (bicyclic) bond motifs is 1. The van der Waals surface area contributed by atoms with Gasteiger partial charge in [-0.2, -0.15) is 16.9 Å². The van der Waals surface area contributed by atoms with Crippen LogP contribution in [0.4, 0.5) is 5.82 Å². The number of aromatic nitrogens is 2. The highest BCUT2D eigenvalue weighted by atomic mass is 32.2. The number of nitrogens with zero attached hydrogens (tertiary/aromatic N) is 2. The molecule has 9 heteroatoms. The molecule has 172 valence electrons. The van der Waals surface area contributed by atoms with E-state index >= 15 is 0 Å². The van der Waals surface area contributed by atoms with E-state index in [4.69, 9.17) is 9.47 Å². The molecule has 1 aliphatic heterocycles. The molecular formula is C24H26N4O4S. The van der Waals surface area contributed by atoms with Gasteiger partial charge in [0.05, 0.1) is 26.3 Å². The molecule has 0 atom stereocenters. The van der Waals surface area contributed by atoms with E-state index in [9.17, 15) is 9.59 Å². The van der Waals surface area contributed by atoms with Crippen LogP contribution in [0.15, 0.2) is 48.5 Å². The van der Waals surface area contributed by atoms with E-state index in [0.717, 1.165) is 33.9 Å². The second-order valence-electron chi connectivity index (χ2n) is 7.60. The Bertz CT molecular complexity index is 1150. The van der Waals surface area contributed by atoms with Gasteiger partial charge in [-0.25, -0.2) is 4.68 Å². The van der Waals surface area contributed by atoms with E-state index < -0.39 is 0 Å². The molecule has 0 radical (unpaired) electrons. The number of ether oxygens (including phenoxy) is 2. The summed E-state index contributed by atoms with van der Waals surface area (Å²) in [5.41, 5.74) is 3.71. The Balaban J connectivity index is 1.44. The van der Waals surface area contributed by atoms with Crippen molar-refractivity contribution in [3.05, 3.63) is 70.9 Å². The van der Waals surface area contributed by atoms with Gasteiger partial charge in [0.2, 0.25) is 11.8 Å². The topological polar surface area (TPSA) is 94.5 Å². The fourth-order valence-electron chi connectivity index (χ4n) is 3.66. The Morgan fingerprint density at radius 2 is 1.79 bits per heavy atom. The van der Waals surface area contributed by atoms with E-state index in [1.807, 2.05) is 36.4 Å². The van der Waals surface area contributed by atoms with Gasteiger partial charge >= 0.3 is 0 Å². The van der Waals surface area contributed by atoms with Crippen molar-refractivity contribution in [3.8, 4) is 11.5 Å². The highest BCUT2D eigenvalue weighted by Gasteiger charge is 2.25. The van der Waals surface area contributed by atoms with Crippen LogP contribution >= 0.6 is 11.8 Å². The van der Waals surface area contributed by atoms with Crippen LogP contribution in [0, 0.1) is 0 Å². The van der Waals surface area contributed by atoms with Crippen molar-refractivity contribution in [2.24, 2.45) is 0 Å². The van der Waals surface area contributed by atoms with Crippen LogP contribution in [0.25, 0.3) is 0 Å². The number of anilines is 1. The molecule has 0 saturated carbocycles. The van der Waals surface area contributed by atoms with Crippen LogP contribution in [0.3, 0.4) is 0 Å². The number of amides is 2. The summed E-state index contributed by atoms with van der Waals surface area (Å²) in [5, 5.41) is 10.5. The minimum atomic E-state index is -0.187. The van der Waals surface area contributed by atoms with Gasteiger partial charge in [-0.3, -0.25) is 9.59 Å². The maximum Gasteiger partial charge on any atom is 0.242 e. The van der Waals surface area contributed by atoms with Crippen molar-refractivity contribution in [1.82, 2.24) is 15.1 Å². The molecule has 2 amide bonds. The highest BCUT2D eigenvalue weighted by molar-refractivity contribution is 7.98. The first-order chi connectivity index (χ1) is 16.1. The molecule has 2 heterocycles. The zero-order chi connectivity index (χ0) is 23.2. The zero-order valence-electron chi connectivity index (χ0n) is 18.6. The number of benzene rings is 2. The summed E-state index contributed by atoms with van der Waals surface area (Å²) in [5.74, 6) is 2.95. The average Bonchev–Trinajstić information content (AvgIpc) is 3.40. The Hall–Kier alpha value is -3.46. The number of nitrogens with one attached hydrogen (secondary N) is 2. The summed E-state index contributed by atoms with van der Waals surface area (Å²) >= 11 is 1.74. The second-order valence-corrected chi connectivity index (χ2v) is 8.59. The quantitative estimate of drug-likeness (QED) is 0.503. The minimum absolute atomic E-state index is 0.0382. The third-order valence-corrected chi connectivity index (χ3v) is 6.29. The fraction of sp³-hybridized carbons (Fsp3) is 0.292. The first kappa shape index (κ1) is 22.7. The molecular weight excluding hydrogens is 440 g/mol. The Morgan fingerprint density at radius 1 is 1.00 bits per heavy atom. The van der Waals surface area contributed by atoms with Gasteiger partial charge in [-0.05, 0) is 23.3 Å². The summed E-state index contributed by atoms with van der Waals surface area (Å²) in [4.78, 5) is 25.4. The number of methoxy groups -OCH3 is 2. The number of thioether (sulfide) groups is 1. The summed E-state index contributed by atoms with van der Waals surface area (Å²) in [6, 6.07) is 15.1. The summed E-state index contributed by atoms with van der Waals surface area (Å²) < 4.78 is 12.2. The van der Waals surface area contributed by atoms with E-state index in [2.05, 4.69) is 15.7 Å². The van der Waals surface area contributed by atoms with Gasteiger partial charge in [-0.1, -0.05) is 36.4 Å². The molecule has 0 aliphatic carbocycles. The summed E-state index contributed by atoms with van der Waals surface area (Å²) in [6.45, 7) is 0.480. The smallest absolute Gasteiger partial charge is 0.242 e. The lowest BCUT2D eigenvalue weighted by Gasteiger charge is -2.12. The van der Waals surface area contributed by atoms with Crippen molar-refractivity contribution in [1.29, 1.82) is 0 Å². The second kappa shape index (κ2) is 10.4. The molecule has 4 rings (SSSR count). The summed E-state index contributed by atoms with van der Waals surface area (Å²) in [7, 11) is 3.13. The summed E-state index contributed by atoms with van der Waals surface area (Å²) in [6.07, 6.45) is 0.160. The van der Waals surface area contributed by atoms with Crippen molar-refractivity contribution in [3.63, 3.8) is 0 Å². The van der Waals surface area contributed by atoms with Gasteiger partial charge in [0.25, 0.3) is 0 Å². The fourth-order valence-corrected chi connectivity index (χ4v) is 4.70. The number of hydrogen-bond acceptors (Lipinski definition) is 6. The van der Waals surface area contributed by atoms with Crippen molar-refractivity contribution < 1.29 is 19.1 Å². The van der Waals surface area contributed by atoms with Gasteiger partial charge < -0.3 is 20.1 Å². The molecule has 2 N–H and O–H groups in total. The van der Waals surface area contributed by atoms with Gasteiger partial charge in [0, 0.05) is 23.6 Å².